The van der Waals surface area contributed by atoms with Gasteiger partial charge in [0.15, 0.2) is 6.04 Å². The van der Waals surface area contributed by atoms with Gasteiger partial charge in [-0.3, -0.25) is 4.79 Å². The van der Waals surface area contributed by atoms with Crippen molar-refractivity contribution < 1.29 is 22.4 Å². The zero-order valence-electron chi connectivity index (χ0n) is 11.4. The first-order valence-electron chi connectivity index (χ1n) is 6.62. The first-order valence-corrected chi connectivity index (χ1v) is 6.62. The van der Waals surface area contributed by atoms with Crippen LogP contribution in [0, 0.1) is 17.7 Å². The Morgan fingerprint density at radius 3 is 2.29 bits per heavy atom. The van der Waals surface area contributed by atoms with Crippen LogP contribution in [0.4, 0.5) is 17.6 Å². The van der Waals surface area contributed by atoms with Gasteiger partial charge in [0.05, 0.1) is 0 Å². The van der Waals surface area contributed by atoms with E-state index in [4.69, 9.17) is 0 Å². The first kappa shape index (κ1) is 15.8. The number of carbonyl (C=O) groups is 1. The number of rotatable bonds is 4. The maximum atomic E-state index is 13.1. The third-order valence-corrected chi connectivity index (χ3v) is 3.75. The molecule has 1 aliphatic heterocycles. The van der Waals surface area contributed by atoms with Crippen LogP contribution >= 0.6 is 0 Å². The van der Waals surface area contributed by atoms with E-state index >= 15 is 0 Å². The highest BCUT2D eigenvalue weighted by atomic mass is 19.4. The highest BCUT2D eigenvalue weighted by molar-refractivity contribution is 5.79. The van der Waals surface area contributed by atoms with Gasteiger partial charge in [0, 0.05) is 5.92 Å². The molecule has 0 bridgehead atoms. The molecule has 1 amide bonds. The Balaban J connectivity index is 2.13. The van der Waals surface area contributed by atoms with Gasteiger partial charge in [-0.05, 0) is 36.7 Å². The van der Waals surface area contributed by atoms with Crippen molar-refractivity contribution in [1.29, 1.82) is 0 Å². The van der Waals surface area contributed by atoms with E-state index in [2.05, 4.69) is 5.32 Å². The van der Waals surface area contributed by atoms with E-state index in [0.29, 0.717) is 13.1 Å². The van der Waals surface area contributed by atoms with E-state index in [1.54, 1.807) is 6.92 Å². The third kappa shape index (κ3) is 3.72. The summed E-state index contributed by atoms with van der Waals surface area (Å²) in [4.78, 5) is 12.0. The number of nitrogens with one attached hydrogen (secondary N) is 2. The van der Waals surface area contributed by atoms with Crippen LogP contribution < -0.4 is 10.6 Å². The number of alkyl halides is 3. The summed E-state index contributed by atoms with van der Waals surface area (Å²) in [5, 5.41) is 5.00. The fourth-order valence-electron chi connectivity index (χ4n) is 2.16. The van der Waals surface area contributed by atoms with E-state index in [1.165, 1.54) is 0 Å². The summed E-state index contributed by atoms with van der Waals surface area (Å²) in [5.74, 6) is -1.73. The molecule has 1 heterocycles. The molecule has 1 aromatic rings. The maximum Gasteiger partial charge on any atom is 0.412 e. The van der Waals surface area contributed by atoms with E-state index in [-0.39, 0.29) is 11.5 Å². The lowest BCUT2D eigenvalue weighted by Gasteiger charge is -2.33. The van der Waals surface area contributed by atoms with Crippen molar-refractivity contribution >= 4 is 5.91 Å². The number of hydrogen-bond donors (Lipinski definition) is 2. The van der Waals surface area contributed by atoms with Gasteiger partial charge in [-0.25, -0.2) is 4.39 Å². The first-order chi connectivity index (χ1) is 9.79. The number of benzene rings is 1. The second-order valence-corrected chi connectivity index (χ2v) is 5.24. The molecule has 3 nitrogen and oxygen atoms in total. The molecule has 2 atom stereocenters. The van der Waals surface area contributed by atoms with Crippen molar-refractivity contribution in [3.8, 4) is 0 Å². The minimum absolute atomic E-state index is 0.0482. The monoisotopic (exact) mass is 304 g/mol. The number of halogens is 4. The molecule has 0 aliphatic carbocycles. The smallest absolute Gasteiger partial charge is 0.341 e. The van der Waals surface area contributed by atoms with Gasteiger partial charge >= 0.3 is 6.18 Å². The van der Waals surface area contributed by atoms with E-state index in [0.717, 1.165) is 24.3 Å². The molecule has 1 saturated heterocycles. The Hall–Kier alpha value is -1.63. The molecule has 1 fully saturated rings. The zero-order chi connectivity index (χ0) is 15.6. The standard InChI is InChI=1S/C14H16F4N2O/c1-8(10-6-19-7-10)13(21)20-12(14(16,17)18)9-2-4-11(15)5-3-9/h2-5,8,10,12,19H,6-7H2,1H3,(H,20,21). The molecule has 2 N–H and O–H groups in total. The van der Waals surface area contributed by atoms with Crippen LogP contribution in [0.1, 0.15) is 18.5 Å². The molecule has 0 aromatic heterocycles. The lowest BCUT2D eigenvalue weighted by molar-refractivity contribution is -0.165. The minimum Gasteiger partial charge on any atom is -0.341 e. The second kappa shape index (κ2) is 6.01. The lowest BCUT2D eigenvalue weighted by Crippen LogP contribution is -2.51. The largest absolute Gasteiger partial charge is 0.412 e. The summed E-state index contributed by atoms with van der Waals surface area (Å²) in [6.07, 6.45) is -4.63. The van der Waals surface area contributed by atoms with Crippen molar-refractivity contribution in [2.24, 2.45) is 11.8 Å². The number of amides is 1. The Morgan fingerprint density at radius 1 is 1.29 bits per heavy atom. The predicted molar refractivity (Wildman–Crippen MR) is 68.9 cm³/mol. The summed E-state index contributed by atoms with van der Waals surface area (Å²) in [7, 11) is 0. The molecule has 7 heteroatoms. The summed E-state index contributed by atoms with van der Waals surface area (Å²) in [5.41, 5.74) is -0.184. The fraction of sp³-hybridized carbons (Fsp3) is 0.500. The van der Waals surface area contributed by atoms with E-state index in [1.807, 2.05) is 5.32 Å². The van der Waals surface area contributed by atoms with Gasteiger partial charge < -0.3 is 10.6 Å². The normalized spacial score (nSPS) is 18.7. The Morgan fingerprint density at radius 2 is 1.86 bits per heavy atom. The van der Waals surface area contributed by atoms with Crippen LogP contribution in [-0.4, -0.2) is 25.2 Å². The van der Waals surface area contributed by atoms with E-state index < -0.39 is 29.9 Å². The second-order valence-electron chi connectivity index (χ2n) is 5.24. The maximum absolute atomic E-state index is 13.1. The topological polar surface area (TPSA) is 41.1 Å². The van der Waals surface area contributed by atoms with Crippen LogP contribution in [0.5, 0.6) is 0 Å². The van der Waals surface area contributed by atoms with Gasteiger partial charge in [-0.15, -0.1) is 0 Å². The van der Waals surface area contributed by atoms with Gasteiger partial charge in [-0.2, -0.15) is 13.2 Å². The Bertz CT molecular complexity index is 497. The molecule has 1 aromatic carbocycles. The van der Waals surface area contributed by atoms with E-state index in [9.17, 15) is 22.4 Å². The fourth-order valence-corrected chi connectivity index (χ4v) is 2.16. The molecule has 2 rings (SSSR count). The van der Waals surface area contributed by atoms with Crippen LogP contribution in [0.3, 0.4) is 0 Å². The quantitative estimate of drug-likeness (QED) is 0.839. The van der Waals surface area contributed by atoms with Gasteiger partial charge in [0.25, 0.3) is 0 Å². The summed E-state index contributed by atoms with van der Waals surface area (Å²) < 4.78 is 52.1. The summed E-state index contributed by atoms with van der Waals surface area (Å²) in [6.45, 7) is 2.86. The minimum atomic E-state index is -4.63. The molecule has 0 saturated carbocycles. The predicted octanol–water partition coefficient (Wildman–Crippen LogP) is 2.40. The molecular formula is C14H16F4N2O. The van der Waals surface area contributed by atoms with Crippen LogP contribution in [0.25, 0.3) is 0 Å². The SMILES string of the molecule is CC(C(=O)NC(c1ccc(F)cc1)C(F)(F)F)C1CNC1. The Labute approximate surface area is 119 Å². The highest BCUT2D eigenvalue weighted by Gasteiger charge is 2.43. The van der Waals surface area contributed by atoms with Crippen LogP contribution in [0.2, 0.25) is 0 Å². The molecule has 116 valence electrons. The van der Waals surface area contributed by atoms with Crippen molar-refractivity contribution in [1.82, 2.24) is 10.6 Å². The lowest BCUT2D eigenvalue weighted by atomic mass is 9.88. The molecule has 1 aliphatic rings. The summed E-state index contributed by atoms with van der Waals surface area (Å²) in [6, 6.07) is 1.83. The van der Waals surface area contributed by atoms with Gasteiger partial charge in [0.1, 0.15) is 5.82 Å². The van der Waals surface area contributed by atoms with Crippen molar-refractivity contribution in [2.75, 3.05) is 13.1 Å². The Kier molecular flexibility index (Phi) is 4.51. The molecule has 2 unspecified atom stereocenters. The van der Waals surface area contributed by atoms with Gasteiger partial charge in [-0.1, -0.05) is 19.1 Å². The number of hydrogen-bond acceptors (Lipinski definition) is 2. The molecule has 0 spiro atoms. The molecule has 0 radical (unpaired) electrons. The average Bonchev–Trinajstić information content (AvgIpc) is 2.33. The highest BCUT2D eigenvalue weighted by Crippen LogP contribution is 2.33. The van der Waals surface area contributed by atoms with Crippen molar-refractivity contribution in [2.45, 2.75) is 19.1 Å². The van der Waals surface area contributed by atoms with Crippen molar-refractivity contribution in [3.05, 3.63) is 35.6 Å². The van der Waals surface area contributed by atoms with Crippen LogP contribution in [0.15, 0.2) is 24.3 Å². The van der Waals surface area contributed by atoms with Crippen molar-refractivity contribution in [3.63, 3.8) is 0 Å². The number of carbonyl (C=O) groups excluding carboxylic acids is 1. The molecular weight excluding hydrogens is 288 g/mol. The zero-order valence-corrected chi connectivity index (χ0v) is 11.4. The van der Waals surface area contributed by atoms with Crippen LogP contribution in [-0.2, 0) is 4.79 Å². The third-order valence-electron chi connectivity index (χ3n) is 3.75. The average molecular weight is 304 g/mol. The summed E-state index contributed by atoms with van der Waals surface area (Å²) >= 11 is 0. The molecule has 21 heavy (non-hydrogen) atoms. The van der Waals surface area contributed by atoms with Gasteiger partial charge in [0.2, 0.25) is 5.91 Å².